The monoisotopic (exact) mass is 318 g/mol. The summed E-state index contributed by atoms with van der Waals surface area (Å²) in [4.78, 5) is 2.07. The number of aryl methyl sites for hydroxylation is 1. The van der Waals surface area contributed by atoms with Crippen LogP contribution in [0.4, 0.5) is 5.69 Å². The van der Waals surface area contributed by atoms with Crippen LogP contribution in [0.1, 0.15) is 24.3 Å². The largest absolute Gasteiger partial charge is 0.467 e. The van der Waals surface area contributed by atoms with Gasteiger partial charge >= 0.3 is 0 Å². The molecule has 0 unspecified atom stereocenters. The molecule has 0 saturated carbocycles. The maximum atomic E-state index is 5.60. The van der Waals surface area contributed by atoms with Gasteiger partial charge in [-0.2, -0.15) is 0 Å². The molecule has 22 heavy (non-hydrogen) atoms. The molecule has 1 heterocycles. The summed E-state index contributed by atoms with van der Waals surface area (Å²) in [7, 11) is 1.69. The fraction of sp³-hybridized carbons (Fsp3) is 0.353. The van der Waals surface area contributed by atoms with Crippen LogP contribution in [0.5, 0.6) is 0 Å². The van der Waals surface area contributed by atoms with Crippen molar-refractivity contribution >= 4 is 23.0 Å². The van der Waals surface area contributed by atoms with Crippen LogP contribution in [0.15, 0.2) is 47.1 Å². The number of methoxy groups -OCH3 is 1. The molecule has 0 spiro atoms. The predicted molar refractivity (Wildman–Crippen MR) is 93.1 cm³/mol. The van der Waals surface area contributed by atoms with E-state index in [0.717, 1.165) is 17.0 Å². The van der Waals surface area contributed by atoms with Crippen molar-refractivity contribution in [2.45, 2.75) is 19.9 Å². The summed E-state index contributed by atoms with van der Waals surface area (Å²) < 4.78 is 10.7. The molecule has 118 valence electrons. The van der Waals surface area contributed by atoms with Gasteiger partial charge in [-0.1, -0.05) is 18.2 Å². The zero-order valence-corrected chi connectivity index (χ0v) is 14.0. The number of nitrogens with one attached hydrogen (secondary N) is 1. The van der Waals surface area contributed by atoms with Crippen molar-refractivity contribution in [3.8, 4) is 0 Å². The van der Waals surface area contributed by atoms with Gasteiger partial charge in [-0.3, -0.25) is 0 Å². The number of thiocarbonyl (C=S) groups is 1. The molecule has 1 aromatic carbocycles. The van der Waals surface area contributed by atoms with E-state index < -0.39 is 0 Å². The van der Waals surface area contributed by atoms with Crippen molar-refractivity contribution in [1.82, 2.24) is 4.90 Å². The summed E-state index contributed by atoms with van der Waals surface area (Å²) in [6.45, 7) is 5.41. The van der Waals surface area contributed by atoms with E-state index in [0.29, 0.717) is 18.3 Å². The van der Waals surface area contributed by atoms with Crippen LogP contribution >= 0.6 is 12.2 Å². The molecule has 1 N–H and O–H groups in total. The second-order valence-electron chi connectivity index (χ2n) is 5.12. The number of furan rings is 1. The maximum Gasteiger partial charge on any atom is 0.174 e. The SMILES string of the molecule is COCCN(C(=S)Nc1ccccc1C)[C@H](C)c1ccco1. The Bertz CT molecular complexity index is 598. The van der Waals surface area contributed by atoms with Crippen molar-refractivity contribution in [1.29, 1.82) is 0 Å². The van der Waals surface area contributed by atoms with Crippen LogP contribution in [-0.4, -0.2) is 30.3 Å². The minimum Gasteiger partial charge on any atom is -0.467 e. The second-order valence-corrected chi connectivity index (χ2v) is 5.51. The van der Waals surface area contributed by atoms with Crippen molar-refractivity contribution in [3.05, 3.63) is 54.0 Å². The standard InChI is InChI=1S/C17H22N2O2S/c1-13-7-4-5-8-15(13)18-17(22)19(10-12-20-3)14(2)16-9-6-11-21-16/h4-9,11,14H,10,12H2,1-3H3,(H,18,22)/t14-/m1/s1. The van der Waals surface area contributed by atoms with Crippen molar-refractivity contribution < 1.29 is 9.15 Å². The molecular weight excluding hydrogens is 296 g/mol. The van der Waals surface area contributed by atoms with Crippen molar-refractivity contribution in [3.63, 3.8) is 0 Å². The topological polar surface area (TPSA) is 37.6 Å². The van der Waals surface area contributed by atoms with Gasteiger partial charge in [-0.25, -0.2) is 0 Å². The van der Waals surface area contributed by atoms with Crippen LogP contribution in [-0.2, 0) is 4.74 Å². The normalized spacial score (nSPS) is 12.0. The highest BCUT2D eigenvalue weighted by Crippen LogP contribution is 2.22. The van der Waals surface area contributed by atoms with Gasteiger partial charge in [-0.05, 0) is 49.8 Å². The van der Waals surface area contributed by atoms with Gasteiger partial charge in [0.05, 0.1) is 18.9 Å². The molecule has 0 radical (unpaired) electrons. The number of anilines is 1. The molecule has 0 fully saturated rings. The number of hydrogen-bond donors (Lipinski definition) is 1. The number of nitrogens with zero attached hydrogens (tertiary/aromatic N) is 1. The lowest BCUT2D eigenvalue weighted by atomic mass is 10.2. The third-order valence-corrected chi connectivity index (χ3v) is 3.94. The van der Waals surface area contributed by atoms with Crippen LogP contribution in [0.2, 0.25) is 0 Å². The zero-order valence-electron chi connectivity index (χ0n) is 13.2. The lowest BCUT2D eigenvalue weighted by Crippen LogP contribution is -2.39. The van der Waals surface area contributed by atoms with Crippen LogP contribution in [0.25, 0.3) is 0 Å². The lowest BCUT2D eigenvalue weighted by molar-refractivity contribution is 0.160. The zero-order chi connectivity index (χ0) is 15.9. The predicted octanol–water partition coefficient (Wildman–Crippen LogP) is 3.99. The summed E-state index contributed by atoms with van der Waals surface area (Å²) in [6.07, 6.45) is 1.68. The van der Waals surface area contributed by atoms with Crippen LogP contribution in [0.3, 0.4) is 0 Å². The molecule has 0 aliphatic heterocycles. The molecule has 0 aliphatic rings. The molecule has 0 saturated heterocycles. The third-order valence-electron chi connectivity index (χ3n) is 3.61. The first-order valence-corrected chi connectivity index (χ1v) is 7.70. The average molecular weight is 318 g/mol. The molecule has 2 aromatic rings. The first-order valence-electron chi connectivity index (χ1n) is 7.29. The minimum absolute atomic E-state index is 0.0363. The molecule has 0 amide bonds. The summed E-state index contributed by atoms with van der Waals surface area (Å²) in [5, 5.41) is 3.98. The number of rotatable bonds is 6. The second kappa shape index (κ2) is 7.96. The Kier molecular flexibility index (Phi) is 5.98. The van der Waals surface area contributed by atoms with E-state index in [1.165, 1.54) is 0 Å². The maximum absolute atomic E-state index is 5.60. The first-order chi connectivity index (χ1) is 10.6. The van der Waals surface area contributed by atoms with E-state index in [-0.39, 0.29) is 6.04 Å². The van der Waals surface area contributed by atoms with E-state index in [4.69, 9.17) is 21.4 Å². The van der Waals surface area contributed by atoms with Gasteiger partial charge in [0.25, 0.3) is 0 Å². The third kappa shape index (κ3) is 4.08. The summed E-state index contributed by atoms with van der Waals surface area (Å²) >= 11 is 5.60. The molecule has 2 rings (SSSR count). The highest BCUT2D eigenvalue weighted by atomic mass is 32.1. The molecule has 0 aliphatic carbocycles. The molecule has 1 atom stereocenters. The Balaban J connectivity index is 2.14. The Morgan fingerprint density at radius 2 is 2.09 bits per heavy atom. The van der Waals surface area contributed by atoms with E-state index in [1.807, 2.05) is 30.3 Å². The van der Waals surface area contributed by atoms with E-state index in [9.17, 15) is 0 Å². The Morgan fingerprint density at radius 1 is 1.32 bits per heavy atom. The first kappa shape index (κ1) is 16.5. The number of benzene rings is 1. The quantitative estimate of drug-likeness (QED) is 0.815. The Morgan fingerprint density at radius 3 is 2.73 bits per heavy atom. The van der Waals surface area contributed by atoms with Crippen molar-refractivity contribution in [2.24, 2.45) is 0 Å². The van der Waals surface area contributed by atoms with E-state index >= 15 is 0 Å². The fourth-order valence-electron chi connectivity index (χ4n) is 2.24. The lowest BCUT2D eigenvalue weighted by Gasteiger charge is -2.30. The molecule has 5 heteroatoms. The highest BCUT2D eigenvalue weighted by Gasteiger charge is 2.21. The van der Waals surface area contributed by atoms with Crippen LogP contribution in [0, 0.1) is 6.92 Å². The van der Waals surface area contributed by atoms with Gasteiger partial charge in [0.1, 0.15) is 5.76 Å². The van der Waals surface area contributed by atoms with E-state index in [1.54, 1.807) is 13.4 Å². The van der Waals surface area contributed by atoms with Gasteiger partial charge in [0.15, 0.2) is 5.11 Å². The molecule has 0 bridgehead atoms. The van der Waals surface area contributed by atoms with Gasteiger partial charge in [-0.15, -0.1) is 0 Å². The molecule has 4 nitrogen and oxygen atoms in total. The smallest absolute Gasteiger partial charge is 0.174 e. The van der Waals surface area contributed by atoms with Crippen molar-refractivity contribution in [2.75, 3.05) is 25.6 Å². The Hall–Kier alpha value is -1.85. The highest BCUT2D eigenvalue weighted by molar-refractivity contribution is 7.80. The summed E-state index contributed by atoms with van der Waals surface area (Å²) in [5.41, 5.74) is 2.17. The summed E-state index contributed by atoms with van der Waals surface area (Å²) in [5.74, 6) is 0.880. The van der Waals surface area contributed by atoms with Gasteiger partial charge in [0, 0.05) is 19.3 Å². The molecule has 1 aromatic heterocycles. The van der Waals surface area contributed by atoms with Crippen LogP contribution < -0.4 is 5.32 Å². The van der Waals surface area contributed by atoms with Gasteiger partial charge < -0.3 is 19.4 Å². The number of hydrogen-bond acceptors (Lipinski definition) is 3. The minimum atomic E-state index is 0.0363. The molecular formula is C17H22N2O2S. The fourth-order valence-corrected chi connectivity index (χ4v) is 2.60. The Labute approximate surface area is 137 Å². The number of ether oxygens (including phenoxy) is 1. The summed E-state index contributed by atoms with van der Waals surface area (Å²) in [6, 6.07) is 12.0. The van der Waals surface area contributed by atoms with E-state index in [2.05, 4.69) is 30.1 Å². The average Bonchev–Trinajstić information content (AvgIpc) is 3.04. The van der Waals surface area contributed by atoms with Gasteiger partial charge in [0.2, 0.25) is 0 Å². The number of para-hydroxylation sites is 1.